The molecule has 0 amide bonds. The van der Waals surface area contributed by atoms with Gasteiger partial charge < -0.3 is 5.32 Å². The lowest BCUT2D eigenvalue weighted by molar-refractivity contribution is 0.226. The van der Waals surface area contributed by atoms with Gasteiger partial charge in [-0.05, 0) is 5.41 Å². The molecule has 0 radical (unpaired) electrons. The van der Waals surface area contributed by atoms with Crippen LogP contribution in [0, 0.1) is 5.41 Å². The largest absolute Gasteiger partial charge is 0.316 e. The number of rotatable bonds is 0. The molecule has 0 bridgehead atoms. The Hall–Kier alpha value is -0.0400. The molecule has 1 aliphatic rings. The fraction of sp³-hybridized carbons (Fsp3) is 1.00. The van der Waals surface area contributed by atoms with Crippen molar-refractivity contribution < 1.29 is 0 Å². The standard InChI is InChI=1S/C5H11N.CH4/c1-5(2)3-6-4-5;/h6H,3-4H2,1-2H3;1H4. The molecule has 0 unspecified atom stereocenters. The Morgan fingerprint density at radius 1 is 1.29 bits per heavy atom. The smallest absolute Gasteiger partial charge is 0.00149 e. The third kappa shape index (κ3) is 1.48. The fourth-order valence-electron chi connectivity index (χ4n) is 0.625. The highest BCUT2D eigenvalue weighted by atomic mass is 15.0. The second kappa shape index (κ2) is 1.83. The molecule has 1 aliphatic heterocycles. The van der Waals surface area contributed by atoms with Gasteiger partial charge in [0.1, 0.15) is 0 Å². The van der Waals surface area contributed by atoms with Crippen molar-refractivity contribution in [3.05, 3.63) is 0 Å². The lowest BCUT2D eigenvalue weighted by Crippen LogP contribution is -2.49. The summed E-state index contributed by atoms with van der Waals surface area (Å²) in [4.78, 5) is 0. The van der Waals surface area contributed by atoms with E-state index < -0.39 is 0 Å². The molecular formula is C6H15N. The van der Waals surface area contributed by atoms with Gasteiger partial charge in [0.2, 0.25) is 0 Å². The number of hydrogen-bond acceptors (Lipinski definition) is 1. The van der Waals surface area contributed by atoms with Crippen molar-refractivity contribution in [1.29, 1.82) is 0 Å². The zero-order valence-corrected chi connectivity index (χ0v) is 4.41. The Kier molecular flexibility index (Phi) is 1.82. The Morgan fingerprint density at radius 2 is 1.57 bits per heavy atom. The van der Waals surface area contributed by atoms with Gasteiger partial charge in [0.15, 0.2) is 0 Å². The highest BCUT2D eigenvalue weighted by Gasteiger charge is 2.24. The summed E-state index contributed by atoms with van der Waals surface area (Å²) >= 11 is 0. The van der Waals surface area contributed by atoms with E-state index in [1.165, 1.54) is 13.1 Å². The van der Waals surface area contributed by atoms with E-state index in [-0.39, 0.29) is 7.43 Å². The Bertz CT molecular complexity index is 51.2. The molecule has 0 aliphatic carbocycles. The minimum atomic E-state index is 0. The van der Waals surface area contributed by atoms with Gasteiger partial charge in [-0.1, -0.05) is 21.3 Å². The topological polar surface area (TPSA) is 12.0 Å². The summed E-state index contributed by atoms with van der Waals surface area (Å²) in [5, 5.41) is 3.20. The SMILES string of the molecule is C.CC1(C)CNC1. The van der Waals surface area contributed by atoms with Gasteiger partial charge in [-0.15, -0.1) is 0 Å². The van der Waals surface area contributed by atoms with E-state index in [0.717, 1.165) is 0 Å². The van der Waals surface area contributed by atoms with E-state index in [2.05, 4.69) is 19.2 Å². The van der Waals surface area contributed by atoms with Crippen molar-refractivity contribution in [2.75, 3.05) is 13.1 Å². The van der Waals surface area contributed by atoms with E-state index in [9.17, 15) is 0 Å². The van der Waals surface area contributed by atoms with E-state index in [1.807, 2.05) is 0 Å². The van der Waals surface area contributed by atoms with Gasteiger partial charge in [-0.3, -0.25) is 0 Å². The number of nitrogens with one attached hydrogen (secondary N) is 1. The molecule has 1 heteroatoms. The number of hydrogen-bond donors (Lipinski definition) is 1. The summed E-state index contributed by atoms with van der Waals surface area (Å²) in [6.07, 6.45) is 0. The van der Waals surface area contributed by atoms with Crippen LogP contribution in [0.2, 0.25) is 0 Å². The molecule has 1 nitrogen and oxygen atoms in total. The second-order valence-corrected chi connectivity index (χ2v) is 2.77. The molecule has 0 atom stereocenters. The van der Waals surface area contributed by atoms with E-state index in [4.69, 9.17) is 0 Å². The van der Waals surface area contributed by atoms with E-state index in [0.29, 0.717) is 5.41 Å². The molecule has 1 fully saturated rings. The first kappa shape index (κ1) is 6.96. The third-order valence-corrected chi connectivity index (χ3v) is 1.21. The van der Waals surface area contributed by atoms with Crippen LogP contribution in [-0.4, -0.2) is 13.1 Å². The predicted octanol–water partition coefficient (Wildman–Crippen LogP) is 1.25. The highest BCUT2D eigenvalue weighted by molar-refractivity contribution is 4.82. The summed E-state index contributed by atoms with van der Waals surface area (Å²) in [7, 11) is 0. The lowest BCUT2D eigenvalue weighted by atomic mass is 9.87. The van der Waals surface area contributed by atoms with Crippen molar-refractivity contribution in [3.63, 3.8) is 0 Å². The third-order valence-electron chi connectivity index (χ3n) is 1.21. The van der Waals surface area contributed by atoms with Crippen molar-refractivity contribution in [3.8, 4) is 0 Å². The van der Waals surface area contributed by atoms with Crippen LogP contribution in [-0.2, 0) is 0 Å². The van der Waals surface area contributed by atoms with Crippen molar-refractivity contribution in [2.45, 2.75) is 21.3 Å². The van der Waals surface area contributed by atoms with Crippen molar-refractivity contribution >= 4 is 0 Å². The zero-order valence-electron chi connectivity index (χ0n) is 4.41. The first-order chi connectivity index (χ1) is 2.71. The van der Waals surface area contributed by atoms with Crippen LogP contribution in [0.1, 0.15) is 21.3 Å². The lowest BCUT2D eigenvalue weighted by Gasteiger charge is -2.35. The second-order valence-electron chi connectivity index (χ2n) is 2.77. The first-order valence-electron chi connectivity index (χ1n) is 2.41. The molecular weight excluding hydrogens is 86.1 g/mol. The van der Waals surface area contributed by atoms with Gasteiger partial charge in [-0.2, -0.15) is 0 Å². The average molecular weight is 101 g/mol. The van der Waals surface area contributed by atoms with Crippen molar-refractivity contribution in [1.82, 2.24) is 5.32 Å². The minimum Gasteiger partial charge on any atom is -0.316 e. The first-order valence-corrected chi connectivity index (χ1v) is 2.41. The average Bonchev–Trinajstić information content (AvgIpc) is 1.32. The van der Waals surface area contributed by atoms with Crippen LogP contribution in [0.4, 0.5) is 0 Å². The maximum absolute atomic E-state index is 3.20. The summed E-state index contributed by atoms with van der Waals surface area (Å²) in [5.41, 5.74) is 0.611. The predicted molar refractivity (Wildman–Crippen MR) is 33.4 cm³/mol. The molecule has 0 spiro atoms. The van der Waals surface area contributed by atoms with Crippen LogP contribution >= 0.6 is 0 Å². The van der Waals surface area contributed by atoms with E-state index >= 15 is 0 Å². The fourth-order valence-corrected chi connectivity index (χ4v) is 0.625. The minimum absolute atomic E-state index is 0. The van der Waals surface area contributed by atoms with Gasteiger partial charge in [0.05, 0.1) is 0 Å². The highest BCUT2D eigenvalue weighted by Crippen LogP contribution is 2.18. The monoisotopic (exact) mass is 101 g/mol. The maximum Gasteiger partial charge on any atom is 0.00149 e. The zero-order chi connectivity index (χ0) is 4.62. The molecule has 0 aromatic rings. The summed E-state index contributed by atoms with van der Waals surface area (Å²) in [6, 6.07) is 0. The van der Waals surface area contributed by atoms with Crippen LogP contribution < -0.4 is 5.32 Å². The Balaban J connectivity index is 0.000000360. The van der Waals surface area contributed by atoms with Crippen LogP contribution in [0.25, 0.3) is 0 Å². The molecule has 0 saturated carbocycles. The molecule has 44 valence electrons. The Morgan fingerprint density at radius 3 is 1.57 bits per heavy atom. The molecule has 1 rings (SSSR count). The normalized spacial score (nSPS) is 24.9. The van der Waals surface area contributed by atoms with E-state index in [1.54, 1.807) is 0 Å². The van der Waals surface area contributed by atoms with Gasteiger partial charge >= 0.3 is 0 Å². The van der Waals surface area contributed by atoms with Crippen LogP contribution in [0.3, 0.4) is 0 Å². The summed E-state index contributed by atoms with van der Waals surface area (Å²) in [5.74, 6) is 0. The summed E-state index contributed by atoms with van der Waals surface area (Å²) in [6.45, 7) is 6.94. The molecule has 0 aromatic carbocycles. The quantitative estimate of drug-likeness (QED) is 0.484. The molecule has 1 heterocycles. The van der Waals surface area contributed by atoms with Gasteiger partial charge in [-0.25, -0.2) is 0 Å². The Labute approximate surface area is 46.1 Å². The molecule has 1 N–H and O–H groups in total. The van der Waals surface area contributed by atoms with Crippen LogP contribution in [0.15, 0.2) is 0 Å². The maximum atomic E-state index is 3.20. The molecule has 0 aromatic heterocycles. The molecule has 1 saturated heterocycles. The van der Waals surface area contributed by atoms with Gasteiger partial charge in [0, 0.05) is 13.1 Å². The van der Waals surface area contributed by atoms with Crippen molar-refractivity contribution in [2.24, 2.45) is 5.41 Å². The van der Waals surface area contributed by atoms with Gasteiger partial charge in [0.25, 0.3) is 0 Å². The molecule has 7 heavy (non-hydrogen) atoms. The van der Waals surface area contributed by atoms with Crippen LogP contribution in [0.5, 0.6) is 0 Å². The summed E-state index contributed by atoms with van der Waals surface area (Å²) < 4.78 is 0.